The van der Waals surface area contributed by atoms with E-state index < -0.39 is 10.1 Å². The van der Waals surface area contributed by atoms with E-state index in [1.54, 1.807) is 30.3 Å². The van der Waals surface area contributed by atoms with Crippen LogP contribution in [-0.4, -0.2) is 13.0 Å². The Bertz CT molecular complexity index is 815. The third kappa shape index (κ3) is 16.3. The van der Waals surface area contributed by atoms with Crippen LogP contribution >= 0.6 is 0 Å². The van der Waals surface area contributed by atoms with Gasteiger partial charge in [-0.1, -0.05) is 146 Å². The van der Waals surface area contributed by atoms with E-state index in [4.69, 9.17) is 4.55 Å². The van der Waals surface area contributed by atoms with Crippen LogP contribution in [0.15, 0.2) is 47.4 Å². The summed E-state index contributed by atoms with van der Waals surface area (Å²) < 4.78 is 31.0. The van der Waals surface area contributed by atoms with E-state index in [2.05, 4.69) is 13.8 Å². The maximum atomic E-state index is 11.0. The van der Waals surface area contributed by atoms with Gasteiger partial charge in [-0.05, 0) is 11.5 Å². The van der Waals surface area contributed by atoms with E-state index in [9.17, 15) is 8.42 Å². The predicted molar refractivity (Wildman–Crippen MR) is 143 cm³/mol. The largest absolute Gasteiger partial charge is 1.00 e. The van der Waals surface area contributed by atoms with Crippen molar-refractivity contribution in [3.63, 3.8) is 0 Å². The Balaban J connectivity index is 0.000000643. The fourth-order valence-electron chi connectivity index (χ4n) is 4.15. The van der Waals surface area contributed by atoms with Gasteiger partial charge in [-0.25, -0.2) is 0 Å². The summed E-state index contributed by atoms with van der Waals surface area (Å²) in [6.07, 6.45) is 24.3. The summed E-state index contributed by atoms with van der Waals surface area (Å²) in [5.41, 5.74) is 0. The number of hydrogen-bond donors (Lipinski definition) is 1. The van der Waals surface area contributed by atoms with Gasteiger partial charge in [0.15, 0.2) is 0 Å². The number of unbranched alkanes of at least 4 members (excludes halogenated alkanes) is 16. The molecular weight excluding hydrogens is 451 g/mol. The molecule has 2 aromatic rings. The first kappa shape index (κ1) is 33.6. The van der Waals surface area contributed by atoms with Gasteiger partial charge in [0.2, 0.25) is 0 Å². The summed E-state index contributed by atoms with van der Waals surface area (Å²) in [7, 11) is -4.13. The fourth-order valence-corrected chi connectivity index (χ4v) is 4.86. The van der Waals surface area contributed by atoms with Gasteiger partial charge in [0, 0.05) is 5.39 Å². The van der Waals surface area contributed by atoms with E-state index in [1.807, 2.05) is 6.07 Å². The van der Waals surface area contributed by atoms with Gasteiger partial charge in [0.1, 0.15) is 4.90 Å². The average molecular weight is 499 g/mol. The van der Waals surface area contributed by atoms with Crippen molar-refractivity contribution in [2.45, 2.75) is 121 Å². The quantitative estimate of drug-likeness (QED) is 0.116. The normalized spacial score (nSPS) is 11.0. The third-order valence-electron chi connectivity index (χ3n) is 6.13. The summed E-state index contributed by atoms with van der Waals surface area (Å²) in [6.45, 7) is 6.18. The molecule has 3 nitrogen and oxygen atoms in total. The van der Waals surface area contributed by atoms with E-state index in [0.717, 1.165) is 11.8 Å². The Hall–Kier alpha value is -0.390. The second kappa shape index (κ2) is 21.9. The summed E-state index contributed by atoms with van der Waals surface area (Å²) in [4.78, 5) is -0.0457. The first-order valence-corrected chi connectivity index (χ1v) is 14.7. The molecular formula is C29H47NaO3S. The first-order chi connectivity index (χ1) is 16.0. The van der Waals surface area contributed by atoms with E-state index in [-0.39, 0.29) is 34.5 Å². The Morgan fingerprint density at radius 3 is 1.50 bits per heavy atom. The Morgan fingerprint density at radius 1 is 0.647 bits per heavy atom. The van der Waals surface area contributed by atoms with Gasteiger partial charge in [-0.15, -0.1) is 0 Å². The predicted octanol–water partition coefficient (Wildman–Crippen LogP) is 6.56. The Morgan fingerprint density at radius 2 is 1.06 bits per heavy atom. The van der Waals surface area contributed by atoms with Crippen LogP contribution in [0, 0.1) is 6.92 Å². The SMILES string of the molecule is O=S(=O)(O)c1cccc2ccccc12.[CH2-]CCCCCCCCCCCCCCCCCC.[Na+]. The molecule has 0 bridgehead atoms. The van der Waals surface area contributed by atoms with Crippen LogP contribution in [0.2, 0.25) is 0 Å². The van der Waals surface area contributed by atoms with Crippen LogP contribution in [0.3, 0.4) is 0 Å². The maximum Gasteiger partial charge on any atom is 1.00 e. The van der Waals surface area contributed by atoms with Crippen LogP contribution in [-0.2, 0) is 10.1 Å². The van der Waals surface area contributed by atoms with Crippen molar-refractivity contribution in [1.29, 1.82) is 0 Å². The zero-order valence-electron chi connectivity index (χ0n) is 21.9. The second-order valence-electron chi connectivity index (χ2n) is 9.11. The summed E-state index contributed by atoms with van der Waals surface area (Å²) >= 11 is 0. The van der Waals surface area contributed by atoms with E-state index in [0.29, 0.717) is 5.39 Å². The van der Waals surface area contributed by atoms with Crippen LogP contribution in [0.5, 0.6) is 0 Å². The molecule has 0 amide bonds. The van der Waals surface area contributed by atoms with Crippen LogP contribution in [0.25, 0.3) is 10.8 Å². The third-order valence-corrected chi connectivity index (χ3v) is 7.04. The molecule has 0 aliphatic heterocycles. The minimum atomic E-state index is -4.13. The van der Waals surface area contributed by atoms with Crippen LogP contribution in [0.4, 0.5) is 0 Å². The molecule has 0 fully saturated rings. The molecule has 2 aromatic carbocycles. The molecule has 0 atom stereocenters. The van der Waals surface area contributed by atoms with E-state index >= 15 is 0 Å². The molecule has 0 aromatic heterocycles. The number of hydrogen-bond acceptors (Lipinski definition) is 2. The molecule has 34 heavy (non-hydrogen) atoms. The van der Waals surface area contributed by atoms with Gasteiger partial charge in [0.25, 0.3) is 10.1 Å². The van der Waals surface area contributed by atoms with Crippen molar-refractivity contribution in [1.82, 2.24) is 0 Å². The van der Waals surface area contributed by atoms with Crippen LogP contribution in [0.1, 0.15) is 116 Å². The molecule has 188 valence electrons. The van der Waals surface area contributed by atoms with Gasteiger partial charge < -0.3 is 6.92 Å². The van der Waals surface area contributed by atoms with Crippen molar-refractivity contribution < 1.29 is 42.5 Å². The first-order valence-electron chi connectivity index (χ1n) is 13.2. The fraction of sp³-hybridized carbons (Fsp3) is 0.621. The monoisotopic (exact) mass is 498 g/mol. The number of benzene rings is 2. The zero-order valence-corrected chi connectivity index (χ0v) is 24.8. The zero-order chi connectivity index (χ0) is 24.2. The second-order valence-corrected chi connectivity index (χ2v) is 10.5. The summed E-state index contributed by atoms with van der Waals surface area (Å²) in [5.74, 6) is 0. The Labute approximate surface area is 232 Å². The summed E-state index contributed by atoms with van der Waals surface area (Å²) in [5, 5.41) is 1.33. The standard InChI is InChI=1S/C19H39.C10H8O3S.Na/c1-3-5-7-9-11-13-15-17-19-18-16-14-12-10-8-6-4-2;11-14(12,13)10-7-3-5-8-4-1-2-6-9(8)10;/h1,3-19H2,2H3;1-7H,(H,11,12,13);/q-1;;+1. The molecule has 2 rings (SSSR count). The van der Waals surface area contributed by atoms with Crippen molar-refractivity contribution in [2.75, 3.05) is 0 Å². The van der Waals surface area contributed by atoms with Gasteiger partial charge in [0.05, 0.1) is 0 Å². The maximum absolute atomic E-state index is 11.0. The van der Waals surface area contributed by atoms with Crippen molar-refractivity contribution in [2.24, 2.45) is 0 Å². The van der Waals surface area contributed by atoms with Gasteiger partial charge in [-0.3, -0.25) is 4.55 Å². The minimum Gasteiger partial charge on any atom is -0.343 e. The molecule has 0 aliphatic rings. The van der Waals surface area contributed by atoms with Gasteiger partial charge >= 0.3 is 29.6 Å². The molecule has 1 N–H and O–H groups in total. The number of fused-ring (bicyclic) bond motifs is 1. The van der Waals surface area contributed by atoms with E-state index in [1.165, 1.54) is 109 Å². The molecule has 5 heteroatoms. The van der Waals surface area contributed by atoms with Crippen molar-refractivity contribution >= 4 is 20.9 Å². The molecule has 0 saturated heterocycles. The minimum absolute atomic E-state index is 0. The molecule has 0 radical (unpaired) electrons. The number of rotatable bonds is 17. The molecule has 0 spiro atoms. The van der Waals surface area contributed by atoms with Crippen molar-refractivity contribution in [3.05, 3.63) is 49.4 Å². The van der Waals surface area contributed by atoms with Gasteiger partial charge in [-0.2, -0.15) is 14.8 Å². The van der Waals surface area contributed by atoms with Crippen molar-refractivity contribution in [3.8, 4) is 0 Å². The summed E-state index contributed by atoms with van der Waals surface area (Å²) in [6, 6.07) is 11.8. The van der Waals surface area contributed by atoms with Crippen LogP contribution < -0.4 is 29.6 Å². The molecule has 0 aliphatic carbocycles. The topological polar surface area (TPSA) is 54.4 Å². The smallest absolute Gasteiger partial charge is 0.343 e. The molecule has 0 unspecified atom stereocenters. The Kier molecular flexibility index (Phi) is 21.6. The molecule has 0 heterocycles. The average Bonchev–Trinajstić information content (AvgIpc) is 2.81. The molecule has 0 saturated carbocycles.